The highest BCUT2D eigenvalue weighted by Crippen LogP contribution is 2.12. The maximum absolute atomic E-state index is 11.6. The van der Waals surface area contributed by atoms with Crippen molar-refractivity contribution in [1.82, 2.24) is 0 Å². The number of carbonyl (C=O) groups is 2. The first kappa shape index (κ1) is 21.3. The Hall–Kier alpha value is -0.660. The van der Waals surface area contributed by atoms with E-state index in [9.17, 15) is 9.59 Å². The summed E-state index contributed by atoms with van der Waals surface area (Å²) in [6, 6.07) is 0. The van der Waals surface area contributed by atoms with Crippen LogP contribution in [0.5, 0.6) is 0 Å². The molecule has 0 fully saturated rings. The summed E-state index contributed by atoms with van der Waals surface area (Å²) in [4.78, 5) is 23.2. The van der Waals surface area contributed by atoms with Crippen molar-refractivity contribution in [2.45, 2.75) is 117 Å². The molecule has 0 radical (unpaired) electrons. The molecule has 0 aliphatic heterocycles. The van der Waals surface area contributed by atoms with E-state index in [1.54, 1.807) is 0 Å². The van der Waals surface area contributed by atoms with E-state index < -0.39 is 0 Å². The van der Waals surface area contributed by atoms with Crippen LogP contribution in [0.3, 0.4) is 0 Å². The fourth-order valence-corrected chi connectivity index (χ4v) is 2.75. The number of Topliss-reactive ketones (excluding diaryl/α,β-unsaturated/α-hetero) is 2. The summed E-state index contributed by atoms with van der Waals surface area (Å²) in [5, 5.41) is 0. The smallest absolute Gasteiger partial charge is 0.132 e. The van der Waals surface area contributed by atoms with Gasteiger partial charge in [0.15, 0.2) is 0 Å². The minimum atomic E-state index is 0.450. The lowest BCUT2D eigenvalue weighted by atomic mass is 10.0. The summed E-state index contributed by atoms with van der Waals surface area (Å²) in [7, 11) is 0. The third kappa shape index (κ3) is 15.7. The molecular formula is C20H38O2. The van der Waals surface area contributed by atoms with Gasteiger partial charge in [-0.15, -0.1) is 0 Å². The van der Waals surface area contributed by atoms with Crippen LogP contribution in [0.4, 0.5) is 0 Å². The second kappa shape index (κ2) is 16.7. The zero-order valence-corrected chi connectivity index (χ0v) is 15.1. The highest BCUT2D eigenvalue weighted by Gasteiger charge is 2.03. The van der Waals surface area contributed by atoms with Crippen LogP contribution in [0.15, 0.2) is 0 Å². The van der Waals surface area contributed by atoms with Crippen molar-refractivity contribution in [3.05, 3.63) is 0 Å². The fourth-order valence-electron chi connectivity index (χ4n) is 2.75. The predicted octanol–water partition coefficient (Wildman–Crippen LogP) is 6.41. The molecule has 2 nitrogen and oxygen atoms in total. The maximum atomic E-state index is 11.6. The molecule has 2 heteroatoms. The Morgan fingerprint density at radius 3 is 1.05 bits per heavy atom. The summed E-state index contributed by atoms with van der Waals surface area (Å²) in [6.07, 6.45) is 16.9. The van der Waals surface area contributed by atoms with Crippen molar-refractivity contribution in [2.75, 3.05) is 0 Å². The number of ketones is 2. The van der Waals surface area contributed by atoms with Crippen molar-refractivity contribution >= 4 is 11.6 Å². The van der Waals surface area contributed by atoms with Gasteiger partial charge in [0, 0.05) is 25.7 Å². The fraction of sp³-hybridized carbons (Fsp3) is 0.900. The monoisotopic (exact) mass is 310 g/mol. The molecule has 0 heterocycles. The lowest BCUT2D eigenvalue weighted by Crippen LogP contribution is -1.98. The van der Waals surface area contributed by atoms with E-state index >= 15 is 0 Å². The van der Waals surface area contributed by atoms with Gasteiger partial charge >= 0.3 is 0 Å². The summed E-state index contributed by atoms with van der Waals surface area (Å²) in [5.74, 6) is 0.900. The largest absolute Gasteiger partial charge is 0.300 e. The Morgan fingerprint density at radius 2 is 0.727 bits per heavy atom. The van der Waals surface area contributed by atoms with E-state index in [0.717, 1.165) is 51.4 Å². The molecule has 22 heavy (non-hydrogen) atoms. The van der Waals surface area contributed by atoms with E-state index in [1.165, 1.54) is 51.4 Å². The van der Waals surface area contributed by atoms with E-state index in [0.29, 0.717) is 11.6 Å². The molecule has 0 aromatic rings. The zero-order chi connectivity index (χ0) is 16.5. The maximum Gasteiger partial charge on any atom is 0.132 e. The van der Waals surface area contributed by atoms with Crippen LogP contribution in [-0.2, 0) is 9.59 Å². The molecule has 0 amide bonds. The van der Waals surface area contributed by atoms with Crippen LogP contribution >= 0.6 is 0 Å². The third-order valence-corrected chi connectivity index (χ3v) is 4.28. The summed E-state index contributed by atoms with van der Waals surface area (Å²) in [6.45, 7) is 4.34. The molecule has 0 spiro atoms. The first-order valence-corrected chi connectivity index (χ1v) is 9.74. The summed E-state index contributed by atoms with van der Waals surface area (Å²) in [5.41, 5.74) is 0. The van der Waals surface area contributed by atoms with Gasteiger partial charge in [0.05, 0.1) is 0 Å². The topological polar surface area (TPSA) is 34.1 Å². The van der Waals surface area contributed by atoms with Crippen molar-refractivity contribution < 1.29 is 9.59 Å². The lowest BCUT2D eigenvalue weighted by Gasteiger charge is -2.03. The van der Waals surface area contributed by atoms with Crippen molar-refractivity contribution in [2.24, 2.45) is 0 Å². The van der Waals surface area contributed by atoms with Crippen molar-refractivity contribution in [3.8, 4) is 0 Å². The minimum absolute atomic E-state index is 0.450. The van der Waals surface area contributed by atoms with Gasteiger partial charge in [-0.1, -0.05) is 65.2 Å². The first-order chi connectivity index (χ1) is 10.7. The predicted molar refractivity (Wildman–Crippen MR) is 95.2 cm³/mol. The molecule has 0 aromatic carbocycles. The van der Waals surface area contributed by atoms with E-state index in [4.69, 9.17) is 0 Å². The van der Waals surface area contributed by atoms with Gasteiger partial charge in [-0.3, -0.25) is 9.59 Å². The third-order valence-electron chi connectivity index (χ3n) is 4.28. The normalized spacial score (nSPS) is 10.8. The molecule has 0 aliphatic rings. The Bertz CT molecular complexity index is 243. The van der Waals surface area contributed by atoms with Gasteiger partial charge in [-0.05, 0) is 25.7 Å². The molecular weight excluding hydrogens is 272 g/mol. The van der Waals surface area contributed by atoms with E-state index in [2.05, 4.69) is 13.8 Å². The van der Waals surface area contributed by atoms with Gasteiger partial charge in [0.1, 0.15) is 11.6 Å². The van der Waals surface area contributed by atoms with Gasteiger partial charge in [0.2, 0.25) is 0 Å². The lowest BCUT2D eigenvalue weighted by molar-refractivity contribution is -0.120. The van der Waals surface area contributed by atoms with Crippen LogP contribution in [0.1, 0.15) is 117 Å². The number of unbranched alkanes of at least 4 members (excludes halogenated alkanes) is 9. The van der Waals surface area contributed by atoms with Gasteiger partial charge in [-0.2, -0.15) is 0 Å². The standard InChI is InChI=1S/C20H38O2/c1-3-5-11-15-19(21)17-13-9-7-8-10-14-18-20(22)16-12-6-4-2/h3-18H2,1-2H3. The average Bonchev–Trinajstić information content (AvgIpc) is 2.50. The van der Waals surface area contributed by atoms with Crippen LogP contribution in [-0.4, -0.2) is 11.6 Å². The van der Waals surface area contributed by atoms with Crippen LogP contribution in [0, 0.1) is 0 Å². The quantitative estimate of drug-likeness (QED) is 0.291. The van der Waals surface area contributed by atoms with Gasteiger partial charge < -0.3 is 0 Å². The van der Waals surface area contributed by atoms with E-state index in [1.807, 2.05) is 0 Å². The summed E-state index contributed by atoms with van der Waals surface area (Å²) < 4.78 is 0. The first-order valence-electron chi connectivity index (χ1n) is 9.74. The second-order valence-corrected chi connectivity index (χ2v) is 6.61. The van der Waals surface area contributed by atoms with Gasteiger partial charge in [0.25, 0.3) is 0 Å². The van der Waals surface area contributed by atoms with Crippen LogP contribution in [0.2, 0.25) is 0 Å². The highest BCUT2D eigenvalue weighted by atomic mass is 16.1. The van der Waals surface area contributed by atoms with E-state index in [-0.39, 0.29) is 0 Å². The van der Waals surface area contributed by atoms with Gasteiger partial charge in [-0.25, -0.2) is 0 Å². The second-order valence-electron chi connectivity index (χ2n) is 6.61. The molecule has 0 unspecified atom stereocenters. The van der Waals surface area contributed by atoms with Crippen molar-refractivity contribution in [3.63, 3.8) is 0 Å². The SMILES string of the molecule is CCCCCC(=O)CCCCCCCCC(=O)CCCCC. The molecule has 0 aromatic heterocycles. The average molecular weight is 311 g/mol. The van der Waals surface area contributed by atoms with Crippen LogP contribution < -0.4 is 0 Å². The highest BCUT2D eigenvalue weighted by molar-refractivity contribution is 5.78. The molecule has 0 bridgehead atoms. The minimum Gasteiger partial charge on any atom is -0.300 e. The number of hydrogen-bond donors (Lipinski definition) is 0. The molecule has 0 saturated carbocycles. The van der Waals surface area contributed by atoms with Crippen molar-refractivity contribution in [1.29, 1.82) is 0 Å². The Balaban J connectivity index is 3.23. The molecule has 130 valence electrons. The van der Waals surface area contributed by atoms with Crippen LogP contribution in [0.25, 0.3) is 0 Å². The molecule has 0 rings (SSSR count). The number of rotatable bonds is 17. The molecule has 0 N–H and O–H groups in total. The molecule has 0 aliphatic carbocycles. The molecule has 0 saturated heterocycles. The Labute approximate surface area is 138 Å². The molecule has 0 atom stereocenters. The summed E-state index contributed by atoms with van der Waals surface area (Å²) >= 11 is 0. The number of hydrogen-bond acceptors (Lipinski definition) is 2. The number of carbonyl (C=O) groups excluding carboxylic acids is 2. The Morgan fingerprint density at radius 1 is 0.455 bits per heavy atom. The Kier molecular flexibility index (Phi) is 16.2. The zero-order valence-electron chi connectivity index (χ0n) is 15.1.